The lowest BCUT2D eigenvalue weighted by atomic mass is 9.88. The summed E-state index contributed by atoms with van der Waals surface area (Å²) in [5.41, 5.74) is -0.691. The van der Waals surface area contributed by atoms with E-state index in [1.807, 2.05) is 41.5 Å². The lowest BCUT2D eigenvalue weighted by Crippen LogP contribution is -2.48. The Morgan fingerprint density at radius 3 is 2.32 bits per heavy atom. The molecule has 1 N–H and O–H groups in total. The molecule has 0 bridgehead atoms. The molecule has 0 saturated carbocycles. The molecule has 1 aliphatic rings. The van der Waals surface area contributed by atoms with Gasteiger partial charge in [-0.05, 0) is 25.7 Å². The average Bonchev–Trinajstić information content (AvgIpc) is 2.47. The van der Waals surface area contributed by atoms with Crippen molar-refractivity contribution in [1.82, 2.24) is 4.90 Å². The van der Waals surface area contributed by atoms with Crippen LogP contribution in [0.3, 0.4) is 0 Å². The fourth-order valence-electron chi connectivity index (χ4n) is 2.63. The van der Waals surface area contributed by atoms with Gasteiger partial charge in [0, 0.05) is 0 Å². The number of imide groups is 1. The molecule has 0 aromatic heterocycles. The van der Waals surface area contributed by atoms with Gasteiger partial charge in [0.1, 0.15) is 5.60 Å². The van der Waals surface area contributed by atoms with Crippen molar-refractivity contribution < 1.29 is 19.4 Å². The molecule has 1 heterocycles. The fourth-order valence-corrected chi connectivity index (χ4v) is 2.63. The number of rotatable bonds is 4. The number of carbonyl (C=O) groups is 2. The molecule has 0 aromatic carbocycles. The molecule has 5 nitrogen and oxygen atoms in total. The molecule has 5 heteroatoms. The van der Waals surface area contributed by atoms with Crippen molar-refractivity contribution in [3.63, 3.8) is 0 Å². The van der Waals surface area contributed by atoms with Crippen LogP contribution in [-0.2, 0) is 9.53 Å². The molecule has 0 spiro atoms. The second-order valence-corrected chi connectivity index (χ2v) is 6.44. The molecule has 1 aliphatic heterocycles. The van der Waals surface area contributed by atoms with Crippen LogP contribution in [0.5, 0.6) is 0 Å². The molecule has 1 fully saturated rings. The van der Waals surface area contributed by atoms with E-state index in [0.29, 0.717) is 0 Å². The number of hydrogen-bond donors (Lipinski definition) is 1. The number of hydrogen-bond acceptors (Lipinski definition) is 4. The molecule has 0 aliphatic carbocycles. The van der Waals surface area contributed by atoms with Gasteiger partial charge in [0.2, 0.25) is 5.91 Å². The van der Waals surface area contributed by atoms with Gasteiger partial charge < -0.3 is 9.84 Å². The molecule has 2 amide bonds. The van der Waals surface area contributed by atoms with E-state index in [0.717, 1.165) is 0 Å². The number of aliphatic hydroxyl groups is 1. The minimum atomic E-state index is -0.739. The quantitative estimate of drug-likeness (QED) is 0.851. The monoisotopic (exact) mass is 271 g/mol. The van der Waals surface area contributed by atoms with Gasteiger partial charge in [-0.3, -0.25) is 4.79 Å². The molecule has 19 heavy (non-hydrogen) atoms. The molecule has 2 atom stereocenters. The molecule has 1 saturated heterocycles. The maximum Gasteiger partial charge on any atom is 0.417 e. The van der Waals surface area contributed by atoms with Crippen LogP contribution in [0.2, 0.25) is 0 Å². The largest absolute Gasteiger partial charge is 0.441 e. The molecule has 110 valence electrons. The number of nitrogens with zero attached hydrogens (tertiary/aromatic N) is 1. The van der Waals surface area contributed by atoms with Crippen molar-refractivity contribution in [2.75, 3.05) is 0 Å². The minimum Gasteiger partial charge on any atom is -0.441 e. The van der Waals surface area contributed by atoms with Crippen LogP contribution in [-0.4, -0.2) is 39.8 Å². The summed E-state index contributed by atoms with van der Waals surface area (Å²) in [4.78, 5) is 25.3. The first-order valence-electron chi connectivity index (χ1n) is 6.81. The third-order valence-corrected chi connectivity index (χ3v) is 3.59. The van der Waals surface area contributed by atoms with E-state index in [1.54, 1.807) is 0 Å². The van der Waals surface area contributed by atoms with Crippen LogP contribution < -0.4 is 0 Å². The SMILES string of the molecule is CC(C)[C@H](O)CC(=O)N1C(=O)OC(C)(C)[C@@H]1C(C)C. The molecule has 1 rings (SSSR count). The van der Waals surface area contributed by atoms with Gasteiger partial charge in [-0.15, -0.1) is 0 Å². The van der Waals surface area contributed by atoms with Crippen LogP contribution in [0.15, 0.2) is 0 Å². The van der Waals surface area contributed by atoms with Crippen molar-refractivity contribution in [2.45, 2.75) is 65.7 Å². The van der Waals surface area contributed by atoms with E-state index in [2.05, 4.69) is 0 Å². The summed E-state index contributed by atoms with van der Waals surface area (Å²) in [6.45, 7) is 11.2. The Bertz CT molecular complexity index is 362. The molecular weight excluding hydrogens is 246 g/mol. The van der Waals surface area contributed by atoms with Crippen LogP contribution in [0.1, 0.15) is 48.0 Å². The van der Waals surface area contributed by atoms with Crippen molar-refractivity contribution >= 4 is 12.0 Å². The maximum absolute atomic E-state index is 12.2. The van der Waals surface area contributed by atoms with Crippen molar-refractivity contribution in [3.05, 3.63) is 0 Å². The zero-order valence-electron chi connectivity index (χ0n) is 12.6. The van der Waals surface area contributed by atoms with Crippen LogP contribution >= 0.6 is 0 Å². The second-order valence-electron chi connectivity index (χ2n) is 6.44. The van der Waals surface area contributed by atoms with E-state index < -0.39 is 17.8 Å². The molecular formula is C14H25NO4. The third-order valence-electron chi connectivity index (χ3n) is 3.59. The first-order chi connectivity index (χ1) is 8.58. The van der Waals surface area contributed by atoms with Gasteiger partial charge in [-0.2, -0.15) is 0 Å². The van der Waals surface area contributed by atoms with Gasteiger partial charge >= 0.3 is 6.09 Å². The average molecular weight is 271 g/mol. The smallest absolute Gasteiger partial charge is 0.417 e. The highest BCUT2D eigenvalue weighted by atomic mass is 16.6. The van der Waals surface area contributed by atoms with Gasteiger partial charge in [-0.25, -0.2) is 9.69 Å². The normalized spacial score (nSPS) is 23.9. The predicted molar refractivity (Wildman–Crippen MR) is 71.5 cm³/mol. The van der Waals surface area contributed by atoms with E-state index in [4.69, 9.17) is 4.74 Å². The van der Waals surface area contributed by atoms with Gasteiger partial charge in [-0.1, -0.05) is 27.7 Å². The molecule has 0 aromatic rings. The highest BCUT2D eigenvalue weighted by Gasteiger charge is 2.51. The van der Waals surface area contributed by atoms with Gasteiger partial charge in [0.05, 0.1) is 18.6 Å². The summed E-state index contributed by atoms with van der Waals surface area (Å²) >= 11 is 0. The van der Waals surface area contributed by atoms with E-state index in [1.165, 1.54) is 4.90 Å². The Labute approximate surface area is 114 Å². The summed E-state index contributed by atoms with van der Waals surface area (Å²) in [5, 5.41) is 9.80. The summed E-state index contributed by atoms with van der Waals surface area (Å²) in [7, 11) is 0. The van der Waals surface area contributed by atoms with Crippen LogP contribution in [0.4, 0.5) is 4.79 Å². The van der Waals surface area contributed by atoms with Gasteiger partial charge in [0.15, 0.2) is 0 Å². The fraction of sp³-hybridized carbons (Fsp3) is 0.857. The standard InChI is InChI=1S/C14H25NO4/c1-8(2)10(16)7-11(17)15-12(9(3)4)14(5,6)19-13(15)18/h8-10,12,16H,7H2,1-6H3/t10-,12+/m1/s1. The summed E-state index contributed by atoms with van der Waals surface area (Å²) in [5.74, 6) is -0.287. The zero-order chi connectivity index (χ0) is 15.0. The van der Waals surface area contributed by atoms with Crippen molar-refractivity contribution in [2.24, 2.45) is 11.8 Å². The topological polar surface area (TPSA) is 66.8 Å². The number of ether oxygens (including phenoxy) is 1. The third kappa shape index (κ3) is 3.26. The number of cyclic esters (lactones) is 1. The first-order valence-corrected chi connectivity index (χ1v) is 6.81. The van der Waals surface area contributed by atoms with Crippen LogP contribution in [0, 0.1) is 11.8 Å². The first kappa shape index (κ1) is 16.0. The highest BCUT2D eigenvalue weighted by Crippen LogP contribution is 2.34. The van der Waals surface area contributed by atoms with E-state index >= 15 is 0 Å². The molecule has 0 unspecified atom stereocenters. The Balaban J connectivity index is 2.91. The van der Waals surface area contributed by atoms with Crippen molar-refractivity contribution in [3.8, 4) is 0 Å². The Morgan fingerprint density at radius 2 is 1.89 bits per heavy atom. The Morgan fingerprint density at radius 1 is 1.37 bits per heavy atom. The van der Waals surface area contributed by atoms with Crippen LogP contribution in [0.25, 0.3) is 0 Å². The molecule has 0 radical (unpaired) electrons. The summed E-state index contributed by atoms with van der Waals surface area (Å²) in [6, 6.07) is -0.299. The lowest BCUT2D eigenvalue weighted by Gasteiger charge is -2.31. The zero-order valence-corrected chi connectivity index (χ0v) is 12.6. The number of amides is 2. The Kier molecular flexibility index (Phi) is 4.61. The maximum atomic E-state index is 12.2. The number of carbonyl (C=O) groups excluding carboxylic acids is 2. The summed E-state index contributed by atoms with van der Waals surface area (Å²) in [6.07, 6.45) is -1.40. The highest BCUT2D eigenvalue weighted by molar-refractivity contribution is 5.94. The lowest BCUT2D eigenvalue weighted by molar-refractivity contribution is -0.133. The van der Waals surface area contributed by atoms with E-state index in [9.17, 15) is 14.7 Å². The number of aliphatic hydroxyl groups excluding tert-OH is 1. The van der Waals surface area contributed by atoms with Crippen molar-refractivity contribution in [1.29, 1.82) is 0 Å². The summed E-state index contributed by atoms with van der Waals surface area (Å²) < 4.78 is 5.28. The predicted octanol–water partition coefficient (Wildman–Crippen LogP) is 2.18. The van der Waals surface area contributed by atoms with Gasteiger partial charge in [0.25, 0.3) is 0 Å². The minimum absolute atomic E-state index is 0.0203. The second kappa shape index (κ2) is 5.49. The Hall–Kier alpha value is -1.10. The van der Waals surface area contributed by atoms with E-state index in [-0.39, 0.29) is 30.2 Å².